The van der Waals surface area contributed by atoms with Crippen LogP contribution in [0.15, 0.2) is 18.2 Å². The van der Waals surface area contributed by atoms with Crippen molar-refractivity contribution in [1.82, 2.24) is 10.6 Å². The minimum absolute atomic E-state index is 0.0269. The van der Waals surface area contributed by atoms with Crippen LogP contribution < -0.4 is 27.0 Å². The summed E-state index contributed by atoms with van der Waals surface area (Å²) < 4.78 is 0. The predicted octanol–water partition coefficient (Wildman–Crippen LogP) is -0.430. The van der Waals surface area contributed by atoms with Gasteiger partial charge in [0.2, 0.25) is 5.91 Å². The second-order valence-corrected chi connectivity index (χ2v) is 6.30. The second kappa shape index (κ2) is 8.32. The van der Waals surface area contributed by atoms with Gasteiger partial charge in [-0.3, -0.25) is 4.79 Å². The van der Waals surface area contributed by atoms with E-state index in [1.165, 1.54) is 0 Å². The molecule has 1 aromatic rings. The van der Waals surface area contributed by atoms with Crippen LogP contribution in [-0.2, 0) is 4.79 Å². The number of nitrogens with zero attached hydrogens (tertiary/aromatic N) is 1. The molecule has 3 unspecified atom stereocenters. The van der Waals surface area contributed by atoms with Crippen LogP contribution in [0.3, 0.4) is 0 Å². The molecular weight excluding hydrogens is 306 g/mol. The summed E-state index contributed by atoms with van der Waals surface area (Å²) in [5, 5.41) is 15.9. The van der Waals surface area contributed by atoms with Crippen LogP contribution in [-0.4, -0.2) is 55.4 Å². The molecule has 2 rings (SSSR count). The highest BCUT2D eigenvalue weighted by Crippen LogP contribution is 2.28. The topological polar surface area (TPSA) is 117 Å². The van der Waals surface area contributed by atoms with E-state index in [1.54, 1.807) is 0 Å². The number of primary amides is 1. The molecular formula is C17H29N5O2. The zero-order chi connectivity index (χ0) is 17.7. The molecule has 1 saturated heterocycles. The Balaban J connectivity index is 2.30. The van der Waals surface area contributed by atoms with Gasteiger partial charge in [-0.1, -0.05) is 6.92 Å². The molecule has 134 valence electrons. The van der Waals surface area contributed by atoms with Crippen molar-refractivity contribution in [1.29, 1.82) is 0 Å². The number of benzene rings is 1. The van der Waals surface area contributed by atoms with Gasteiger partial charge in [0.25, 0.3) is 0 Å². The minimum Gasteiger partial charge on any atom is -0.399 e. The number of carbonyl (C=O) groups is 1. The first-order valence-corrected chi connectivity index (χ1v) is 8.49. The lowest BCUT2D eigenvalue weighted by Crippen LogP contribution is -2.55. The number of aliphatic hydroxyl groups excluding tert-OH is 1. The average Bonchev–Trinajstić information content (AvgIpc) is 2.92. The number of hydrogen-bond acceptors (Lipinski definition) is 6. The fourth-order valence-corrected chi connectivity index (χ4v) is 3.29. The van der Waals surface area contributed by atoms with Crippen molar-refractivity contribution in [2.24, 2.45) is 5.73 Å². The highest BCUT2D eigenvalue weighted by molar-refractivity contribution is 5.86. The summed E-state index contributed by atoms with van der Waals surface area (Å²) in [7, 11) is 0. The van der Waals surface area contributed by atoms with E-state index in [-0.39, 0.29) is 24.6 Å². The third-order valence-electron chi connectivity index (χ3n) is 4.53. The Hall–Kier alpha value is -1.83. The lowest BCUT2D eigenvalue weighted by Gasteiger charge is -2.28. The molecule has 0 aliphatic carbocycles. The van der Waals surface area contributed by atoms with Crippen molar-refractivity contribution in [2.45, 2.75) is 38.4 Å². The number of anilines is 2. The van der Waals surface area contributed by atoms with Crippen LogP contribution in [0.1, 0.15) is 18.9 Å². The molecule has 1 heterocycles. The monoisotopic (exact) mass is 335 g/mol. The van der Waals surface area contributed by atoms with Crippen molar-refractivity contribution in [3.63, 3.8) is 0 Å². The largest absolute Gasteiger partial charge is 0.399 e. The fraction of sp³-hybridized carbons (Fsp3) is 0.588. The molecule has 1 amide bonds. The number of nitrogens with two attached hydrogens (primary N) is 2. The van der Waals surface area contributed by atoms with Gasteiger partial charge in [0.05, 0.1) is 12.6 Å². The zero-order valence-electron chi connectivity index (χ0n) is 14.5. The SMILES string of the molecule is CCCNC1C(NCCO)CN(c2ccc(N)c(C)c2)C1C(N)=O. The van der Waals surface area contributed by atoms with Gasteiger partial charge in [-0.15, -0.1) is 0 Å². The van der Waals surface area contributed by atoms with Gasteiger partial charge < -0.3 is 32.1 Å². The van der Waals surface area contributed by atoms with Crippen LogP contribution in [0.4, 0.5) is 11.4 Å². The standard InChI is InChI=1S/C17H29N5O2/c1-3-6-21-15-14(20-7-8-23)10-22(16(15)17(19)24)12-4-5-13(18)11(2)9-12/h4-5,9,14-16,20-21,23H,3,6-8,10,18H2,1-2H3,(H2,19,24). The quantitative estimate of drug-likeness (QED) is 0.412. The first kappa shape index (κ1) is 18.5. The third-order valence-corrected chi connectivity index (χ3v) is 4.53. The van der Waals surface area contributed by atoms with Gasteiger partial charge in [-0.25, -0.2) is 0 Å². The number of hydrogen-bond donors (Lipinski definition) is 5. The van der Waals surface area contributed by atoms with E-state index in [9.17, 15) is 4.79 Å². The van der Waals surface area contributed by atoms with Gasteiger partial charge >= 0.3 is 0 Å². The fourth-order valence-electron chi connectivity index (χ4n) is 3.29. The number of rotatable bonds is 8. The van der Waals surface area contributed by atoms with E-state index < -0.39 is 6.04 Å². The maximum Gasteiger partial charge on any atom is 0.241 e. The number of carbonyl (C=O) groups excluding carboxylic acids is 1. The van der Waals surface area contributed by atoms with Crippen molar-refractivity contribution in [2.75, 3.05) is 36.9 Å². The van der Waals surface area contributed by atoms with E-state index >= 15 is 0 Å². The van der Waals surface area contributed by atoms with E-state index in [2.05, 4.69) is 17.6 Å². The molecule has 0 saturated carbocycles. The number of nitrogens with one attached hydrogen (secondary N) is 2. The summed E-state index contributed by atoms with van der Waals surface area (Å²) in [6.45, 7) is 6.01. The first-order valence-electron chi connectivity index (χ1n) is 8.49. The molecule has 24 heavy (non-hydrogen) atoms. The molecule has 1 aliphatic rings. The number of aliphatic hydroxyl groups is 1. The van der Waals surface area contributed by atoms with Crippen molar-refractivity contribution in [3.8, 4) is 0 Å². The Bertz CT molecular complexity index is 566. The molecule has 7 N–H and O–H groups in total. The second-order valence-electron chi connectivity index (χ2n) is 6.30. The first-order chi connectivity index (χ1) is 11.5. The summed E-state index contributed by atoms with van der Waals surface area (Å²) in [6, 6.07) is 5.23. The summed E-state index contributed by atoms with van der Waals surface area (Å²) in [6.07, 6.45) is 0.968. The van der Waals surface area contributed by atoms with Gasteiger partial charge in [0.15, 0.2) is 0 Å². The van der Waals surface area contributed by atoms with Crippen molar-refractivity contribution in [3.05, 3.63) is 23.8 Å². The van der Waals surface area contributed by atoms with Crippen molar-refractivity contribution < 1.29 is 9.90 Å². The maximum atomic E-state index is 12.2. The van der Waals surface area contributed by atoms with Gasteiger partial charge in [0.1, 0.15) is 6.04 Å². The van der Waals surface area contributed by atoms with E-state index in [1.807, 2.05) is 30.0 Å². The van der Waals surface area contributed by atoms with E-state index in [4.69, 9.17) is 16.6 Å². The smallest absolute Gasteiger partial charge is 0.241 e. The molecule has 1 fully saturated rings. The van der Waals surface area contributed by atoms with E-state index in [0.29, 0.717) is 13.1 Å². The summed E-state index contributed by atoms with van der Waals surface area (Å²) >= 11 is 0. The van der Waals surface area contributed by atoms with Crippen LogP contribution in [0, 0.1) is 6.92 Å². The van der Waals surface area contributed by atoms with Crippen LogP contribution in [0.2, 0.25) is 0 Å². The summed E-state index contributed by atoms with van der Waals surface area (Å²) in [4.78, 5) is 14.2. The predicted molar refractivity (Wildman–Crippen MR) is 96.9 cm³/mol. The van der Waals surface area contributed by atoms with Crippen LogP contribution >= 0.6 is 0 Å². The number of nitrogen functional groups attached to an aromatic ring is 1. The Morgan fingerprint density at radius 3 is 2.71 bits per heavy atom. The molecule has 3 atom stereocenters. The van der Waals surface area contributed by atoms with E-state index in [0.717, 1.165) is 29.9 Å². The molecule has 0 spiro atoms. The summed E-state index contributed by atoms with van der Waals surface area (Å²) in [5.74, 6) is -0.355. The van der Waals surface area contributed by atoms with Crippen LogP contribution in [0.5, 0.6) is 0 Å². The third kappa shape index (κ3) is 3.98. The average molecular weight is 335 g/mol. The lowest BCUT2D eigenvalue weighted by atomic mass is 10.0. The summed E-state index contributed by atoms with van der Waals surface area (Å²) in [5.41, 5.74) is 14.3. The molecule has 0 aromatic heterocycles. The Kier molecular flexibility index (Phi) is 6.42. The van der Waals surface area contributed by atoms with Gasteiger partial charge in [-0.05, 0) is 43.7 Å². The molecule has 0 radical (unpaired) electrons. The van der Waals surface area contributed by atoms with Gasteiger partial charge in [-0.2, -0.15) is 0 Å². The van der Waals surface area contributed by atoms with Crippen molar-refractivity contribution >= 4 is 17.3 Å². The number of amides is 1. The highest BCUT2D eigenvalue weighted by atomic mass is 16.3. The minimum atomic E-state index is -0.448. The molecule has 7 nitrogen and oxygen atoms in total. The molecule has 0 bridgehead atoms. The lowest BCUT2D eigenvalue weighted by molar-refractivity contribution is -0.119. The Morgan fingerprint density at radius 2 is 2.12 bits per heavy atom. The number of aryl methyl sites for hydroxylation is 1. The van der Waals surface area contributed by atoms with Crippen LogP contribution in [0.25, 0.3) is 0 Å². The van der Waals surface area contributed by atoms with Gasteiger partial charge in [0, 0.05) is 30.5 Å². The molecule has 1 aliphatic heterocycles. The normalized spacial score (nSPS) is 23.6. The molecule has 7 heteroatoms. The Labute approximate surface area is 143 Å². The molecule has 1 aromatic carbocycles. The highest BCUT2D eigenvalue weighted by Gasteiger charge is 2.44. The Morgan fingerprint density at radius 1 is 1.38 bits per heavy atom. The maximum absolute atomic E-state index is 12.2. The zero-order valence-corrected chi connectivity index (χ0v) is 14.5.